The van der Waals surface area contributed by atoms with E-state index in [1.807, 2.05) is 0 Å². The van der Waals surface area contributed by atoms with Crippen molar-refractivity contribution >= 4 is 21.6 Å². The first kappa shape index (κ1) is 18.4. The summed E-state index contributed by atoms with van der Waals surface area (Å²) in [5, 5.41) is 2.47. The predicted molar refractivity (Wildman–Crippen MR) is 89.2 cm³/mol. The van der Waals surface area contributed by atoms with Gasteiger partial charge in [-0.15, -0.1) is 0 Å². The molecule has 0 spiro atoms. The van der Waals surface area contributed by atoms with Gasteiger partial charge in [0.15, 0.2) is 0 Å². The molecule has 1 aliphatic carbocycles. The number of halogens is 3. The van der Waals surface area contributed by atoms with Crippen LogP contribution in [0.25, 0.3) is 0 Å². The van der Waals surface area contributed by atoms with Gasteiger partial charge in [0.2, 0.25) is 10.0 Å². The number of benzene rings is 2. The monoisotopic (exact) mass is 384 g/mol. The highest BCUT2D eigenvalue weighted by atomic mass is 32.2. The fourth-order valence-electron chi connectivity index (χ4n) is 2.22. The average Bonchev–Trinajstić information content (AvgIpc) is 3.38. The van der Waals surface area contributed by atoms with Gasteiger partial charge in [-0.2, -0.15) is 13.2 Å². The Morgan fingerprint density at radius 3 is 2.04 bits per heavy atom. The van der Waals surface area contributed by atoms with Crippen LogP contribution in [0.4, 0.5) is 18.9 Å². The zero-order valence-electron chi connectivity index (χ0n) is 13.4. The standard InChI is InChI=1S/C17H15F3N2O3S/c18-17(19,20)12-3-5-13(6-4-12)21-16(23)11-1-9-15(10-2-11)26(24,25)22-14-7-8-14/h1-6,9-10,14,22H,7-8H2,(H,21,23). The third-order valence-corrected chi connectivity index (χ3v) is 5.33. The number of hydrogen-bond donors (Lipinski definition) is 2. The topological polar surface area (TPSA) is 75.3 Å². The Bertz CT molecular complexity index is 904. The summed E-state index contributed by atoms with van der Waals surface area (Å²) in [4.78, 5) is 12.2. The van der Waals surface area contributed by atoms with Crippen molar-refractivity contribution in [3.8, 4) is 0 Å². The number of alkyl halides is 3. The first-order chi connectivity index (χ1) is 12.1. The normalized spacial score (nSPS) is 14.9. The van der Waals surface area contributed by atoms with Crippen LogP contribution in [-0.2, 0) is 16.2 Å². The van der Waals surface area contributed by atoms with E-state index in [0.717, 1.165) is 37.1 Å². The van der Waals surface area contributed by atoms with E-state index in [1.165, 1.54) is 24.3 Å². The molecule has 0 saturated heterocycles. The number of rotatable bonds is 5. The van der Waals surface area contributed by atoms with Crippen LogP contribution in [0.3, 0.4) is 0 Å². The molecule has 1 amide bonds. The van der Waals surface area contributed by atoms with E-state index in [2.05, 4.69) is 10.0 Å². The molecule has 138 valence electrons. The van der Waals surface area contributed by atoms with Gasteiger partial charge in [-0.05, 0) is 61.4 Å². The van der Waals surface area contributed by atoms with E-state index < -0.39 is 27.7 Å². The number of amides is 1. The van der Waals surface area contributed by atoms with E-state index in [0.29, 0.717) is 0 Å². The lowest BCUT2D eigenvalue weighted by Crippen LogP contribution is -2.25. The molecule has 0 radical (unpaired) electrons. The molecule has 0 heterocycles. The minimum atomic E-state index is -4.45. The highest BCUT2D eigenvalue weighted by Crippen LogP contribution is 2.30. The summed E-state index contributed by atoms with van der Waals surface area (Å²) >= 11 is 0. The van der Waals surface area contributed by atoms with E-state index >= 15 is 0 Å². The van der Waals surface area contributed by atoms with Crippen LogP contribution < -0.4 is 10.0 Å². The first-order valence-corrected chi connectivity index (χ1v) is 9.24. The van der Waals surface area contributed by atoms with Gasteiger partial charge in [0.25, 0.3) is 5.91 Å². The molecule has 1 fully saturated rings. The Labute approximate surface area is 148 Å². The van der Waals surface area contributed by atoms with E-state index in [4.69, 9.17) is 0 Å². The second kappa shape index (κ2) is 6.73. The second-order valence-electron chi connectivity index (χ2n) is 5.95. The number of anilines is 1. The van der Waals surface area contributed by atoms with Crippen molar-refractivity contribution in [1.82, 2.24) is 4.72 Å². The van der Waals surface area contributed by atoms with Crippen molar-refractivity contribution in [2.24, 2.45) is 0 Å². The van der Waals surface area contributed by atoms with Crippen LogP contribution in [0.5, 0.6) is 0 Å². The van der Waals surface area contributed by atoms with Gasteiger partial charge in [-0.3, -0.25) is 4.79 Å². The van der Waals surface area contributed by atoms with Crippen LogP contribution in [-0.4, -0.2) is 20.4 Å². The summed E-state index contributed by atoms with van der Waals surface area (Å²) < 4.78 is 64.2. The highest BCUT2D eigenvalue weighted by molar-refractivity contribution is 7.89. The maximum atomic E-state index is 12.5. The number of nitrogens with one attached hydrogen (secondary N) is 2. The van der Waals surface area contributed by atoms with E-state index in [1.54, 1.807) is 0 Å². The summed E-state index contributed by atoms with van der Waals surface area (Å²) in [6.45, 7) is 0. The molecule has 1 saturated carbocycles. The van der Waals surface area contributed by atoms with Crippen molar-refractivity contribution in [3.05, 3.63) is 59.7 Å². The molecule has 1 aliphatic rings. The highest BCUT2D eigenvalue weighted by Gasteiger charge is 2.30. The molecule has 2 N–H and O–H groups in total. The molecule has 0 atom stereocenters. The van der Waals surface area contributed by atoms with Gasteiger partial charge >= 0.3 is 6.18 Å². The maximum absolute atomic E-state index is 12.5. The van der Waals surface area contributed by atoms with Crippen molar-refractivity contribution in [2.45, 2.75) is 30.0 Å². The first-order valence-electron chi connectivity index (χ1n) is 7.76. The number of sulfonamides is 1. The summed E-state index contributed by atoms with van der Waals surface area (Å²) in [5.41, 5.74) is -0.418. The van der Waals surface area contributed by atoms with Crippen molar-refractivity contribution in [2.75, 3.05) is 5.32 Å². The molecule has 2 aromatic carbocycles. The lowest BCUT2D eigenvalue weighted by Gasteiger charge is -2.09. The predicted octanol–water partition coefficient (Wildman–Crippen LogP) is 3.40. The second-order valence-corrected chi connectivity index (χ2v) is 7.66. The van der Waals surface area contributed by atoms with E-state index in [9.17, 15) is 26.4 Å². The molecule has 0 aliphatic heterocycles. The summed E-state index contributed by atoms with van der Waals surface area (Å²) in [6, 6.07) is 9.34. The van der Waals surface area contributed by atoms with Gasteiger partial charge in [-0.25, -0.2) is 13.1 Å². The fourth-order valence-corrected chi connectivity index (χ4v) is 3.52. The Morgan fingerprint density at radius 1 is 0.962 bits per heavy atom. The fraction of sp³-hybridized carbons (Fsp3) is 0.235. The quantitative estimate of drug-likeness (QED) is 0.830. The molecular formula is C17H15F3N2O3S. The van der Waals surface area contributed by atoms with Crippen LogP contribution in [0, 0.1) is 0 Å². The van der Waals surface area contributed by atoms with Crippen molar-refractivity contribution in [3.63, 3.8) is 0 Å². The molecule has 2 aromatic rings. The minimum absolute atomic E-state index is 0.0253. The van der Waals surface area contributed by atoms with Gasteiger partial charge < -0.3 is 5.32 Å². The molecule has 26 heavy (non-hydrogen) atoms. The van der Waals surface area contributed by atoms with Crippen LogP contribution in [0.15, 0.2) is 53.4 Å². The van der Waals surface area contributed by atoms with Crippen molar-refractivity contribution in [1.29, 1.82) is 0 Å². The lowest BCUT2D eigenvalue weighted by atomic mass is 10.2. The average molecular weight is 384 g/mol. The zero-order valence-corrected chi connectivity index (χ0v) is 14.2. The molecule has 9 heteroatoms. The number of hydrogen-bond acceptors (Lipinski definition) is 3. The SMILES string of the molecule is O=C(Nc1ccc(C(F)(F)F)cc1)c1ccc(S(=O)(=O)NC2CC2)cc1. The largest absolute Gasteiger partial charge is 0.416 e. The lowest BCUT2D eigenvalue weighted by molar-refractivity contribution is -0.137. The van der Waals surface area contributed by atoms with Gasteiger partial charge in [0.05, 0.1) is 10.5 Å². The van der Waals surface area contributed by atoms with Crippen LogP contribution in [0.2, 0.25) is 0 Å². The van der Waals surface area contributed by atoms with Gasteiger partial charge in [0.1, 0.15) is 0 Å². The summed E-state index contributed by atoms with van der Waals surface area (Å²) in [6.07, 6.45) is -2.82. The van der Waals surface area contributed by atoms with Gasteiger partial charge in [0, 0.05) is 17.3 Å². The molecular weight excluding hydrogens is 369 g/mol. The maximum Gasteiger partial charge on any atom is 0.416 e. The number of carbonyl (C=O) groups excluding carboxylic acids is 1. The van der Waals surface area contributed by atoms with Gasteiger partial charge in [-0.1, -0.05) is 0 Å². The summed E-state index contributed by atoms with van der Waals surface area (Å²) in [7, 11) is -3.61. The minimum Gasteiger partial charge on any atom is -0.322 e. The third-order valence-electron chi connectivity index (χ3n) is 3.80. The Balaban J connectivity index is 1.68. The molecule has 3 rings (SSSR count). The van der Waals surface area contributed by atoms with E-state index in [-0.39, 0.29) is 22.2 Å². The Kier molecular flexibility index (Phi) is 4.76. The van der Waals surface area contributed by atoms with Crippen LogP contribution in [0.1, 0.15) is 28.8 Å². The Hall–Kier alpha value is -2.39. The van der Waals surface area contributed by atoms with Crippen LogP contribution >= 0.6 is 0 Å². The third kappa shape index (κ3) is 4.41. The molecule has 5 nitrogen and oxygen atoms in total. The molecule has 0 bridgehead atoms. The summed E-state index contributed by atoms with van der Waals surface area (Å²) in [5.74, 6) is -0.552. The zero-order chi connectivity index (χ0) is 18.9. The van der Waals surface area contributed by atoms with Crippen molar-refractivity contribution < 1.29 is 26.4 Å². The smallest absolute Gasteiger partial charge is 0.322 e. The number of carbonyl (C=O) groups is 1. The molecule has 0 aromatic heterocycles. The molecule has 0 unspecified atom stereocenters. The Morgan fingerprint density at radius 2 is 1.54 bits per heavy atom.